The molecule has 0 bridgehead atoms. The minimum atomic E-state index is -3.42. The van der Waals surface area contributed by atoms with Gasteiger partial charge in [-0.05, 0) is 39.7 Å². The molecule has 3 N–H and O–H groups in total. The van der Waals surface area contributed by atoms with Gasteiger partial charge in [-0.2, -0.15) is 0 Å². The van der Waals surface area contributed by atoms with Crippen molar-refractivity contribution >= 4 is 31.8 Å². The van der Waals surface area contributed by atoms with Gasteiger partial charge in [-0.1, -0.05) is 19.1 Å². The van der Waals surface area contributed by atoms with E-state index in [4.69, 9.17) is 5.73 Å². The number of halogens is 1. The van der Waals surface area contributed by atoms with Crippen molar-refractivity contribution in [3.63, 3.8) is 0 Å². The van der Waals surface area contributed by atoms with Gasteiger partial charge in [0, 0.05) is 18.3 Å². The zero-order chi connectivity index (χ0) is 14.8. The van der Waals surface area contributed by atoms with Crippen molar-refractivity contribution in [2.75, 3.05) is 12.3 Å². The fourth-order valence-corrected chi connectivity index (χ4v) is 3.10. The average Bonchev–Trinajstić information content (AvgIpc) is 2.42. The van der Waals surface area contributed by atoms with Crippen molar-refractivity contribution in [3.8, 4) is 11.1 Å². The molecule has 0 radical (unpaired) electrons. The minimum Gasteiger partial charge on any atom is -0.383 e. The first kappa shape index (κ1) is 15.0. The lowest BCUT2D eigenvalue weighted by atomic mass is 10.1. The van der Waals surface area contributed by atoms with Crippen LogP contribution < -0.4 is 10.5 Å². The third-order valence-corrected chi connectivity index (χ3v) is 4.90. The molecule has 0 atom stereocenters. The van der Waals surface area contributed by atoms with Gasteiger partial charge < -0.3 is 5.73 Å². The molecule has 20 heavy (non-hydrogen) atoms. The first-order chi connectivity index (χ1) is 9.44. The highest BCUT2D eigenvalue weighted by molar-refractivity contribution is 9.10. The van der Waals surface area contributed by atoms with Crippen LogP contribution >= 0.6 is 15.9 Å². The number of hydrogen-bond donors (Lipinski definition) is 2. The molecule has 1 aromatic heterocycles. The number of anilines is 1. The van der Waals surface area contributed by atoms with Gasteiger partial charge in [0.1, 0.15) is 5.82 Å². The molecule has 106 valence electrons. The summed E-state index contributed by atoms with van der Waals surface area (Å²) in [7, 11) is -3.42. The topological polar surface area (TPSA) is 85.1 Å². The lowest BCUT2D eigenvalue weighted by Crippen LogP contribution is -2.22. The molecular weight excluding hydrogens is 342 g/mol. The summed E-state index contributed by atoms with van der Waals surface area (Å²) >= 11 is 3.32. The number of pyridine rings is 1. The van der Waals surface area contributed by atoms with Crippen LogP contribution in [0.5, 0.6) is 0 Å². The molecule has 0 aliphatic heterocycles. The van der Waals surface area contributed by atoms with Crippen LogP contribution in [-0.4, -0.2) is 19.9 Å². The van der Waals surface area contributed by atoms with Crippen LogP contribution in [-0.2, 0) is 10.0 Å². The lowest BCUT2D eigenvalue weighted by Gasteiger charge is -2.07. The molecule has 7 heteroatoms. The van der Waals surface area contributed by atoms with E-state index >= 15 is 0 Å². The highest BCUT2D eigenvalue weighted by Crippen LogP contribution is 2.26. The summed E-state index contributed by atoms with van der Waals surface area (Å²) in [6, 6.07) is 8.46. The summed E-state index contributed by atoms with van der Waals surface area (Å²) < 4.78 is 26.8. The third-order valence-electron chi connectivity index (χ3n) is 2.70. The van der Waals surface area contributed by atoms with Crippen molar-refractivity contribution in [2.24, 2.45) is 0 Å². The summed E-state index contributed by atoms with van der Waals surface area (Å²) in [5, 5.41) is 0. The number of nitrogens with two attached hydrogens (primary N) is 1. The maximum absolute atomic E-state index is 11.8. The highest BCUT2D eigenvalue weighted by atomic mass is 79.9. The second kappa shape index (κ2) is 5.90. The molecule has 5 nitrogen and oxygen atoms in total. The summed E-state index contributed by atoms with van der Waals surface area (Å²) in [4.78, 5) is 4.30. The van der Waals surface area contributed by atoms with E-state index in [1.54, 1.807) is 37.4 Å². The van der Waals surface area contributed by atoms with Crippen LogP contribution in [0.15, 0.2) is 45.9 Å². The Balaban J connectivity index is 2.35. The van der Waals surface area contributed by atoms with Crippen LogP contribution in [0.25, 0.3) is 11.1 Å². The minimum absolute atomic E-state index is 0.241. The first-order valence-corrected chi connectivity index (χ1v) is 8.23. The van der Waals surface area contributed by atoms with Crippen LogP contribution in [0.2, 0.25) is 0 Å². The van der Waals surface area contributed by atoms with E-state index in [2.05, 4.69) is 25.6 Å². The number of nitrogens with one attached hydrogen (secondary N) is 1. The van der Waals surface area contributed by atoms with Gasteiger partial charge in [0.05, 0.1) is 9.37 Å². The number of benzene rings is 1. The van der Waals surface area contributed by atoms with Crippen LogP contribution in [0.3, 0.4) is 0 Å². The predicted octanol–water partition coefficient (Wildman–Crippen LogP) is 2.39. The predicted molar refractivity (Wildman–Crippen MR) is 82.6 cm³/mol. The second-order valence-corrected chi connectivity index (χ2v) is 6.74. The normalized spacial score (nSPS) is 11.5. The van der Waals surface area contributed by atoms with Gasteiger partial charge >= 0.3 is 0 Å². The number of hydrogen-bond acceptors (Lipinski definition) is 4. The van der Waals surface area contributed by atoms with Gasteiger partial charge in [-0.15, -0.1) is 0 Å². The molecule has 0 amide bonds. The Hall–Kier alpha value is -1.44. The Kier molecular flexibility index (Phi) is 4.42. The molecule has 0 saturated heterocycles. The molecule has 1 heterocycles. The van der Waals surface area contributed by atoms with Gasteiger partial charge in [-0.3, -0.25) is 0 Å². The largest absolute Gasteiger partial charge is 0.383 e. The molecule has 1 aromatic carbocycles. The summed E-state index contributed by atoms with van der Waals surface area (Å²) in [5.41, 5.74) is 7.36. The standard InChI is InChI=1S/C13H14BrN3O2S/c1-2-17-20(18,19)11-5-3-9(4-6-11)10-7-12(14)13(15)16-8-10/h3-8,17H,2H2,1H3,(H2,15,16). The summed E-state index contributed by atoms with van der Waals surface area (Å²) in [5.74, 6) is 0.417. The Morgan fingerprint density at radius 3 is 2.45 bits per heavy atom. The van der Waals surface area contributed by atoms with E-state index < -0.39 is 10.0 Å². The van der Waals surface area contributed by atoms with E-state index in [9.17, 15) is 8.42 Å². The molecule has 0 fully saturated rings. The molecule has 2 aromatic rings. The van der Waals surface area contributed by atoms with Crippen molar-refractivity contribution in [2.45, 2.75) is 11.8 Å². The van der Waals surface area contributed by atoms with E-state index in [-0.39, 0.29) is 4.90 Å². The number of nitrogens with zero attached hydrogens (tertiary/aromatic N) is 1. The SMILES string of the molecule is CCNS(=O)(=O)c1ccc(-c2cnc(N)c(Br)c2)cc1. The van der Waals surface area contributed by atoms with Gasteiger partial charge in [0.15, 0.2) is 0 Å². The second-order valence-electron chi connectivity index (χ2n) is 4.12. The quantitative estimate of drug-likeness (QED) is 0.881. The van der Waals surface area contributed by atoms with E-state index in [0.717, 1.165) is 11.1 Å². The zero-order valence-electron chi connectivity index (χ0n) is 10.8. The number of nitrogen functional groups attached to an aromatic ring is 1. The molecule has 0 saturated carbocycles. The zero-order valence-corrected chi connectivity index (χ0v) is 13.2. The van der Waals surface area contributed by atoms with Gasteiger partial charge in [0.25, 0.3) is 0 Å². The Morgan fingerprint density at radius 1 is 1.25 bits per heavy atom. The summed E-state index contributed by atoms with van der Waals surface area (Å²) in [6.45, 7) is 2.10. The molecular formula is C13H14BrN3O2S. The van der Waals surface area contributed by atoms with Gasteiger partial charge in [-0.25, -0.2) is 18.1 Å². The highest BCUT2D eigenvalue weighted by Gasteiger charge is 2.12. The van der Waals surface area contributed by atoms with Crippen molar-refractivity contribution < 1.29 is 8.42 Å². The molecule has 0 aliphatic carbocycles. The maximum Gasteiger partial charge on any atom is 0.240 e. The van der Waals surface area contributed by atoms with Gasteiger partial charge in [0.2, 0.25) is 10.0 Å². The Bertz CT molecular complexity index is 715. The van der Waals surface area contributed by atoms with E-state index in [1.807, 2.05) is 6.07 Å². The smallest absolute Gasteiger partial charge is 0.240 e. The summed E-state index contributed by atoms with van der Waals surface area (Å²) in [6.07, 6.45) is 1.65. The van der Waals surface area contributed by atoms with Crippen molar-refractivity contribution in [1.29, 1.82) is 0 Å². The number of rotatable bonds is 4. The fourth-order valence-electron chi connectivity index (χ4n) is 1.71. The van der Waals surface area contributed by atoms with Crippen LogP contribution in [0.4, 0.5) is 5.82 Å². The van der Waals surface area contributed by atoms with Crippen LogP contribution in [0, 0.1) is 0 Å². The molecule has 0 spiro atoms. The fraction of sp³-hybridized carbons (Fsp3) is 0.154. The average molecular weight is 356 g/mol. The number of sulfonamides is 1. The maximum atomic E-state index is 11.8. The molecule has 2 rings (SSSR count). The Labute approximate surface area is 126 Å². The molecule has 0 unspecified atom stereocenters. The van der Waals surface area contributed by atoms with E-state index in [1.165, 1.54) is 0 Å². The van der Waals surface area contributed by atoms with Crippen LogP contribution in [0.1, 0.15) is 6.92 Å². The Morgan fingerprint density at radius 2 is 1.90 bits per heavy atom. The monoisotopic (exact) mass is 355 g/mol. The first-order valence-electron chi connectivity index (χ1n) is 5.95. The molecule has 0 aliphatic rings. The third kappa shape index (κ3) is 3.17. The van der Waals surface area contributed by atoms with Crippen molar-refractivity contribution in [3.05, 3.63) is 41.0 Å². The van der Waals surface area contributed by atoms with E-state index in [0.29, 0.717) is 16.8 Å². The number of aromatic nitrogens is 1. The van der Waals surface area contributed by atoms with Crippen molar-refractivity contribution in [1.82, 2.24) is 9.71 Å². The lowest BCUT2D eigenvalue weighted by molar-refractivity contribution is 0.584.